The van der Waals surface area contributed by atoms with Crippen LogP contribution in [0.3, 0.4) is 0 Å². The molecule has 0 aliphatic rings. The van der Waals surface area contributed by atoms with Crippen molar-refractivity contribution in [2.24, 2.45) is 0 Å². The minimum absolute atomic E-state index is 0.00672. The maximum Gasteiger partial charge on any atom is 0.320 e. The number of carbonyl (C=O) groups excluding carboxylic acids is 1. The quantitative estimate of drug-likeness (QED) is 0.715. The molecule has 6 nitrogen and oxygen atoms in total. The van der Waals surface area contributed by atoms with E-state index in [0.29, 0.717) is 5.69 Å². The van der Waals surface area contributed by atoms with Crippen LogP contribution >= 0.6 is 0 Å². The van der Waals surface area contributed by atoms with Gasteiger partial charge in [0.1, 0.15) is 6.54 Å². The number of halogens is 2. The van der Waals surface area contributed by atoms with Crippen LogP contribution in [0.25, 0.3) is 5.69 Å². The molecule has 0 atom stereocenters. The summed E-state index contributed by atoms with van der Waals surface area (Å²) in [5.74, 6) is -2.68. The van der Waals surface area contributed by atoms with Crippen molar-refractivity contribution >= 4 is 11.6 Å². The van der Waals surface area contributed by atoms with Crippen molar-refractivity contribution in [1.29, 1.82) is 0 Å². The van der Waals surface area contributed by atoms with Crippen LogP contribution in [0.1, 0.15) is 5.56 Å². The highest BCUT2D eigenvalue weighted by Crippen LogP contribution is 2.11. The SMILES string of the molecule is Cc1ccc(NC(=O)Cn2ccn(-c3ccc(F)c(F)c3)c(=O)c2=O)cc1. The average Bonchev–Trinajstić information content (AvgIpc) is 2.64. The average molecular weight is 371 g/mol. The third-order valence-corrected chi connectivity index (χ3v) is 3.89. The number of hydrogen-bond acceptors (Lipinski definition) is 3. The van der Waals surface area contributed by atoms with Gasteiger partial charge in [-0.3, -0.25) is 23.5 Å². The lowest BCUT2D eigenvalue weighted by Crippen LogP contribution is -2.41. The molecule has 0 fully saturated rings. The third kappa shape index (κ3) is 4.00. The third-order valence-electron chi connectivity index (χ3n) is 3.89. The second-order valence-corrected chi connectivity index (χ2v) is 5.92. The van der Waals surface area contributed by atoms with Crippen LogP contribution < -0.4 is 16.4 Å². The van der Waals surface area contributed by atoms with Crippen molar-refractivity contribution in [1.82, 2.24) is 9.13 Å². The molecule has 2 aromatic carbocycles. The zero-order valence-corrected chi connectivity index (χ0v) is 14.3. The smallest absolute Gasteiger partial charge is 0.320 e. The van der Waals surface area contributed by atoms with Crippen molar-refractivity contribution in [2.75, 3.05) is 5.32 Å². The molecule has 0 bridgehead atoms. The van der Waals surface area contributed by atoms with E-state index in [2.05, 4.69) is 5.32 Å². The van der Waals surface area contributed by atoms with Crippen LogP contribution in [0.2, 0.25) is 0 Å². The van der Waals surface area contributed by atoms with Crippen LogP contribution in [0, 0.1) is 18.6 Å². The number of aromatic nitrogens is 2. The first kappa shape index (κ1) is 18.2. The summed E-state index contributed by atoms with van der Waals surface area (Å²) in [5, 5.41) is 2.63. The summed E-state index contributed by atoms with van der Waals surface area (Å²) in [6.07, 6.45) is 2.45. The minimum atomic E-state index is -1.14. The number of nitrogens with one attached hydrogen (secondary N) is 1. The summed E-state index contributed by atoms with van der Waals surface area (Å²) in [5.41, 5.74) is -0.334. The Balaban J connectivity index is 1.83. The van der Waals surface area contributed by atoms with E-state index in [1.165, 1.54) is 18.5 Å². The Morgan fingerprint density at radius 2 is 1.67 bits per heavy atom. The van der Waals surface area contributed by atoms with Crippen LogP contribution in [0.15, 0.2) is 64.4 Å². The van der Waals surface area contributed by atoms with E-state index in [4.69, 9.17) is 0 Å². The molecule has 27 heavy (non-hydrogen) atoms. The molecule has 0 saturated carbocycles. The molecule has 0 radical (unpaired) electrons. The fourth-order valence-electron chi connectivity index (χ4n) is 2.46. The predicted octanol–water partition coefficient (Wildman–Crippen LogP) is 2.22. The molecule has 0 saturated heterocycles. The fraction of sp³-hybridized carbons (Fsp3) is 0.105. The highest BCUT2D eigenvalue weighted by atomic mass is 19.2. The predicted molar refractivity (Wildman–Crippen MR) is 96.0 cm³/mol. The Hall–Kier alpha value is -3.55. The Kier molecular flexibility index (Phi) is 4.98. The number of benzene rings is 2. The topological polar surface area (TPSA) is 73.1 Å². The van der Waals surface area contributed by atoms with Gasteiger partial charge in [0.15, 0.2) is 11.6 Å². The summed E-state index contributed by atoms with van der Waals surface area (Å²) in [6.45, 7) is 1.55. The molecule has 0 aliphatic heterocycles. The van der Waals surface area contributed by atoms with Gasteiger partial charge >= 0.3 is 11.1 Å². The second kappa shape index (κ2) is 7.36. The van der Waals surface area contributed by atoms with E-state index >= 15 is 0 Å². The molecule has 3 aromatic rings. The zero-order chi connectivity index (χ0) is 19.6. The molecule has 0 spiro atoms. The van der Waals surface area contributed by atoms with Crippen molar-refractivity contribution in [3.63, 3.8) is 0 Å². The van der Waals surface area contributed by atoms with Gasteiger partial charge in [0.05, 0.1) is 5.69 Å². The maximum atomic E-state index is 13.4. The van der Waals surface area contributed by atoms with Crippen LogP contribution in [0.5, 0.6) is 0 Å². The molecular weight excluding hydrogens is 356 g/mol. The highest BCUT2D eigenvalue weighted by molar-refractivity contribution is 5.90. The van der Waals surface area contributed by atoms with E-state index in [1.807, 2.05) is 19.1 Å². The molecule has 1 heterocycles. The van der Waals surface area contributed by atoms with Crippen molar-refractivity contribution in [2.45, 2.75) is 13.5 Å². The van der Waals surface area contributed by atoms with E-state index in [9.17, 15) is 23.2 Å². The summed E-state index contributed by atoms with van der Waals surface area (Å²) in [4.78, 5) is 36.6. The van der Waals surface area contributed by atoms with Crippen molar-refractivity contribution in [3.05, 3.63) is 92.8 Å². The molecule has 1 aromatic heterocycles. The summed E-state index contributed by atoms with van der Waals surface area (Å²) < 4.78 is 28.2. The van der Waals surface area contributed by atoms with Crippen LogP contribution in [-0.2, 0) is 11.3 Å². The number of hydrogen-bond donors (Lipinski definition) is 1. The summed E-state index contributed by atoms with van der Waals surface area (Å²) in [7, 11) is 0. The molecule has 0 unspecified atom stereocenters. The molecule has 1 amide bonds. The number of aryl methyl sites for hydroxylation is 1. The van der Waals surface area contributed by atoms with Gasteiger partial charge in [0, 0.05) is 24.1 Å². The lowest BCUT2D eigenvalue weighted by atomic mass is 10.2. The number of anilines is 1. The second-order valence-electron chi connectivity index (χ2n) is 5.92. The monoisotopic (exact) mass is 371 g/mol. The summed E-state index contributed by atoms with van der Waals surface area (Å²) in [6, 6.07) is 9.93. The number of rotatable bonds is 4. The minimum Gasteiger partial charge on any atom is -0.325 e. The first-order chi connectivity index (χ1) is 12.8. The molecule has 138 valence electrons. The normalized spacial score (nSPS) is 10.6. The Labute approximate surface area is 152 Å². The molecule has 0 aliphatic carbocycles. The Bertz CT molecular complexity index is 1120. The summed E-state index contributed by atoms with van der Waals surface area (Å²) >= 11 is 0. The van der Waals surface area contributed by atoms with Gasteiger partial charge in [0.2, 0.25) is 5.91 Å². The standard InChI is InChI=1S/C19H15F2N3O3/c1-12-2-4-13(5-3-12)22-17(25)11-23-8-9-24(19(27)18(23)26)14-6-7-15(20)16(21)10-14/h2-10H,11H2,1H3,(H,22,25). The molecule has 3 rings (SSSR count). The van der Waals surface area contributed by atoms with Gasteiger partial charge < -0.3 is 5.32 Å². The zero-order valence-electron chi connectivity index (χ0n) is 14.3. The van der Waals surface area contributed by atoms with E-state index in [-0.39, 0.29) is 12.2 Å². The Morgan fingerprint density at radius 1 is 0.963 bits per heavy atom. The number of nitrogens with zero attached hydrogens (tertiary/aromatic N) is 2. The lowest BCUT2D eigenvalue weighted by molar-refractivity contribution is -0.116. The van der Waals surface area contributed by atoms with Gasteiger partial charge in [0.25, 0.3) is 0 Å². The fourth-order valence-corrected chi connectivity index (χ4v) is 2.46. The van der Waals surface area contributed by atoms with Crippen LogP contribution in [-0.4, -0.2) is 15.0 Å². The van der Waals surface area contributed by atoms with E-state index in [1.54, 1.807) is 12.1 Å². The molecule has 8 heteroatoms. The number of amides is 1. The van der Waals surface area contributed by atoms with Gasteiger partial charge in [-0.2, -0.15) is 0 Å². The Morgan fingerprint density at radius 3 is 2.33 bits per heavy atom. The first-order valence-corrected chi connectivity index (χ1v) is 7.99. The van der Waals surface area contributed by atoms with Gasteiger partial charge in [-0.1, -0.05) is 17.7 Å². The largest absolute Gasteiger partial charge is 0.325 e. The molecular formula is C19H15F2N3O3. The van der Waals surface area contributed by atoms with Gasteiger partial charge in [-0.25, -0.2) is 8.78 Å². The van der Waals surface area contributed by atoms with Crippen molar-refractivity contribution in [3.8, 4) is 5.69 Å². The van der Waals surface area contributed by atoms with Gasteiger partial charge in [-0.05, 0) is 31.2 Å². The van der Waals surface area contributed by atoms with E-state index in [0.717, 1.165) is 26.8 Å². The maximum absolute atomic E-state index is 13.4. The highest BCUT2D eigenvalue weighted by Gasteiger charge is 2.11. The number of carbonyl (C=O) groups is 1. The lowest BCUT2D eigenvalue weighted by Gasteiger charge is -2.10. The first-order valence-electron chi connectivity index (χ1n) is 7.99. The van der Waals surface area contributed by atoms with Crippen molar-refractivity contribution < 1.29 is 13.6 Å². The molecule has 1 N–H and O–H groups in total. The van der Waals surface area contributed by atoms with Gasteiger partial charge in [-0.15, -0.1) is 0 Å². The van der Waals surface area contributed by atoms with E-state index < -0.39 is 28.7 Å². The van der Waals surface area contributed by atoms with Crippen LogP contribution in [0.4, 0.5) is 14.5 Å².